The van der Waals surface area contributed by atoms with E-state index in [1.54, 1.807) is 0 Å². The summed E-state index contributed by atoms with van der Waals surface area (Å²) in [6.45, 7) is 0. The molecule has 0 fully saturated rings. The van der Waals surface area contributed by atoms with Crippen LogP contribution in [0.3, 0.4) is 0 Å². The first kappa shape index (κ1) is 32.5. The third-order valence-electron chi connectivity index (χ3n) is 0. The fraction of sp³-hybridized carbons (Fsp3) is 0. The van der Waals surface area contributed by atoms with Gasteiger partial charge in [0.1, 0.15) is 0 Å². The van der Waals surface area contributed by atoms with E-state index in [2.05, 4.69) is 0 Å². The first-order valence-electron chi connectivity index (χ1n) is 0.617. The predicted octanol–water partition coefficient (Wildman–Crippen LogP) is -6.41. The van der Waals surface area contributed by atoms with Gasteiger partial charge in [-0.05, 0) is 0 Å². The van der Waals surface area contributed by atoms with Crippen molar-refractivity contribution in [3.05, 3.63) is 0 Å². The molecule has 0 spiro atoms. The molecule has 0 heterocycles. The van der Waals surface area contributed by atoms with Crippen LogP contribution in [0, 0.1) is 22.7 Å². The molecule has 0 saturated carbocycles. The molecule has 0 radical (unpaired) electrons. The van der Waals surface area contributed by atoms with Crippen molar-refractivity contribution < 1.29 is 71.7 Å². The molecule has 0 aromatic carbocycles. The molecule has 0 unspecified atom stereocenters. The molecule has 0 aromatic rings. The van der Waals surface area contributed by atoms with E-state index in [-0.39, 0.29) is 30.4 Å². The summed E-state index contributed by atoms with van der Waals surface area (Å²) in [5.74, 6) is 0. The van der Waals surface area contributed by atoms with Crippen molar-refractivity contribution in [2.75, 3.05) is 0 Å². The van der Waals surface area contributed by atoms with E-state index in [4.69, 9.17) is 18.6 Å². The van der Waals surface area contributed by atoms with Gasteiger partial charge >= 0.3 is 19.5 Å². The minimum atomic E-state index is -0.417. The third kappa shape index (κ3) is 468. The quantitative estimate of drug-likeness (QED) is 0.383. The van der Waals surface area contributed by atoms with Gasteiger partial charge < -0.3 is 29.6 Å². The molecule has 6 nitrogen and oxygen atoms in total. The van der Waals surface area contributed by atoms with Gasteiger partial charge in [-0.3, -0.25) is 0 Å². The molecule has 0 saturated heterocycles. The Morgan fingerprint density at radius 1 is 0.667 bits per heavy atom. The molecule has 0 amide bonds. The molecule has 0 atom stereocenters. The Hall–Kier alpha value is 0.963. The fourth-order valence-corrected chi connectivity index (χ4v) is 0. The molecule has 0 rings (SSSR count). The smallest absolute Gasteiger partial charge is 0.544 e. The number of halogens is 2. The molecule has 0 aliphatic carbocycles. The van der Waals surface area contributed by atoms with E-state index in [1.165, 1.54) is 0 Å². The molecule has 0 aliphatic heterocycles. The number of hydrogen-bond donors (Lipinski definition) is 0. The molecule has 0 bridgehead atoms. The summed E-state index contributed by atoms with van der Waals surface area (Å²) in [4.78, 5) is 0. The predicted molar refractivity (Wildman–Crippen MR) is 7.23 cm³/mol. The van der Waals surface area contributed by atoms with Gasteiger partial charge in [0, 0.05) is 0 Å². The average Bonchev–Trinajstić information content (AvgIpc) is 1.39. The SMILES string of the molecule is O.O.[O-][Cl+][O-].[O-][Cl+][O-].[Zn+2]. The molecular weight excluding hydrogens is 232 g/mol. The minimum Gasteiger partial charge on any atom is -0.544 e. The van der Waals surface area contributed by atoms with Gasteiger partial charge in [-0.15, -0.1) is 0 Å². The van der Waals surface area contributed by atoms with Crippen LogP contribution in [0.5, 0.6) is 0 Å². The Morgan fingerprint density at radius 3 is 0.667 bits per heavy atom. The van der Waals surface area contributed by atoms with Crippen LogP contribution >= 0.6 is 0 Å². The largest absolute Gasteiger partial charge is 2.00 e. The van der Waals surface area contributed by atoms with E-state index in [0.717, 1.165) is 0 Å². The van der Waals surface area contributed by atoms with Crippen molar-refractivity contribution in [3.8, 4) is 0 Å². The Morgan fingerprint density at radius 2 is 0.667 bits per heavy atom. The maximum Gasteiger partial charge on any atom is 2.00 e. The van der Waals surface area contributed by atoms with Gasteiger partial charge in [-0.1, -0.05) is 0 Å². The second kappa shape index (κ2) is 64.7. The van der Waals surface area contributed by atoms with Crippen molar-refractivity contribution in [2.24, 2.45) is 0 Å². The van der Waals surface area contributed by atoms with Gasteiger partial charge in [0.25, 0.3) is 0 Å². The minimum absolute atomic E-state index is 0. The Kier molecular flexibility index (Phi) is 234. The van der Waals surface area contributed by atoms with Crippen LogP contribution < -0.4 is 18.6 Å². The van der Waals surface area contributed by atoms with Crippen molar-refractivity contribution in [2.45, 2.75) is 0 Å². The van der Waals surface area contributed by atoms with Crippen LogP contribution in [0.15, 0.2) is 0 Å². The van der Waals surface area contributed by atoms with Crippen LogP contribution in [0.1, 0.15) is 0 Å². The van der Waals surface area contributed by atoms with Crippen LogP contribution in [-0.4, -0.2) is 11.0 Å². The van der Waals surface area contributed by atoms with Crippen LogP contribution in [0.2, 0.25) is 0 Å². The van der Waals surface area contributed by atoms with E-state index in [0.29, 0.717) is 0 Å². The topological polar surface area (TPSA) is 155 Å². The second-order valence-electron chi connectivity index (χ2n) is 0.126. The number of hydrogen-bond acceptors (Lipinski definition) is 4. The van der Waals surface area contributed by atoms with E-state index >= 15 is 0 Å². The zero-order valence-corrected chi connectivity index (χ0v) is 8.58. The van der Waals surface area contributed by atoms with Gasteiger partial charge in [-0.2, -0.15) is 0 Å². The zero-order valence-electron chi connectivity index (χ0n) is 4.10. The Labute approximate surface area is 72.0 Å². The maximum absolute atomic E-state index is 8.24. The zero-order chi connectivity index (χ0) is 5.41. The Balaban J connectivity index is -0.00000000889. The summed E-state index contributed by atoms with van der Waals surface area (Å²) in [5.41, 5.74) is 0. The summed E-state index contributed by atoms with van der Waals surface area (Å²) in [6, 6.07) is 0. The normalized spacial score (nSPS) is 4.00. The van der Waals surface area contributed by atoms with Gasteiger partial charge in [0.15, 0.2) is 0 Å². The molecule has 0 aromatic heterocycles. The summed E-state index contributed by atoms with van der Waals surface area (Å²) in [5, 5.41) is 0. The summed E-state index contributed by atoms with van der Waals surface area (Å²) < 4.78 is 32.9. The van der Waals surface area contributed by atoms with E-state index < -0.39 is 22.7 Å². The van der Waals surface area contributed by atoms with Crippen LogP contribution in [0.4, 0.5) is 0 Å². The molecule has 56 valence electrons. The van der Waals surface area contributed by atoms with Crippen LogP contribution in [0.25, 0.3) is 0 Å². The van der Waals surface area contributed by atoms with Crippen molar-refractivity contribution in [1.82, 2.24) is 0 Å². The van der Waals surface area contributed by atoms with Crippen molar-refractivity contribution in [1.29, 1.82) is 0 Å². The Bertz CT molecular complexity index is 13.0. The van der Waals surface area contributed by atoms with Gasteiger partial charge in [0.05, 0.1) is 22.7 Å². The second-order valence-corrected chi connectivity index (χ2v) is 0.378. The van der Waals surface area contributed by atoms with Crippen molar-refractivity contribution >= 4 is 0 Å². The first-order valence-corrected chi connectivity index (χ1v) is 1.85. The average molecular weight is 236 g/mol. The van der Waals surface area contributed by atoms with Gasteiger partial charge in [0.2, 0.25) is 0 Å². The molecule has 4 N–H and O–H groups in total. The molecule has 9 heteroatoms. The fourth-order valence-electron chi connectivity index (χ4n) is 0. The number of rotatable bonds is 0. The molecular formula is H4Cl2O6Zn. The maximum atomic E-state index is 8.24. The molecule has 9 heavy (non-hydrogen) atoms. The third-order valence-corrected chi connectivity index (χ3v) is 0. The first-order chi connectivity index (χ1) is 2.83. The summed E-state index contributed by atoms with van der Waals surface area (Å²) >= 11 is -0.833. The van der Waals surface area contributed by atoms with Crippen molar-refractivity contribution in [3.63, 3.8) is 0 Å². The van der Waals surface area contributed by atoms with E-state index in [1.807, 2.05) is 0 Å². The van der Waals surface area contributed by atoms with Gasteiger partial charge in [-0.25, -0.2) is 0 Å². The summed E-state index contributed by atoms with van der Waals surface area (Å²) in [7, 11) is 0. The van der Waals surface area contributed by atoms with E-state index in [9.17, 15) is 0 Å². The summed E-state index contributed by atoms with van der Waals surface area (Å²) in [6.07, 6.45) is 0. The standard InChI is InChI=1S/2ClO2.2H2O.Zn/c2*2-1-3;;;/h;;2*1H2;/q2*-1;;;+2. The monoisotopic (exact) mass is 234 g/mol. The molecule has 0 aliphatic rings. The van der Waals surface area contributed by atoms with Crippen LogP contribution in [-0.2, 0) is 19.5 Å².